The van der Waals surface area contributed by atoms with Gasteiger partial charge in [0.15, 0.2) is 5.82 Å². The average molecular weight is 319 g/mol. The average Bonchev–Trinajstić information content (AvgIpc) is 3.03. The van der Waals surface area contributed by atoms with Crippen LogP contribution in [0.4, 0.5) is 5.69 Å². The van der Waals surface area contributed by atoms with Gasteiger partial charge in [-0.1, -0.05) is 29.3 Å². The topological polar surface area (TPSA) is 42.7 Å². The van der Waals surface area contributed by atoms with Crippen LogP contribution in [0.5, 0.6) is 0 Å². The summed E-state index contributed by atoms with van der Waals surface area (Å²) in [5.41, 5.74) is 1.98. The van der Waals surface area contributed by atoms with Gasteiger partial charge in [-0.25, -0.2) is 9.67 Å². The van der Waals surface area contributed by atoms with Gasteiger partial charge < -0.3 is 5.32 Å². The van der Waals surface area contributed by atoms with E-state index in [2.05, 4.69) is 15.4 Å². The van der Waals surface area contributed by atoms with Crippen LogP contribution in [0.25, 0.3) is 5.82 Å². The molecule has 2 heterocycles. The largest absolute Gasteiger partial charge is 0.380 e. The van der Waals surface area contributed by atoms with Crippen LogP contribution in [0.15, 0.2) is 55.0 Å². The number of hydrogen-bond acceptors (Lipinski definition) is 3. The van der Waals surface area contributed by atoms with Gasteiger partial charge in [0.1, 0.15) is 0 Å². The molecule has 0 fully saturated rings. The van der Waals surface area contributed by atoms with Crippen molar-refractivity contribution in [1.29, 1.82) is 0 Å². The van der Waals surface area contributed by atoms with Crippen molar-refractivity contribution < 1.29 is 0 Å². The number of aromatic nitrogens is 3. The predicted molar refractivity (Wildman–Crippen MR) is 85.1 cm³/mol. The minimum Gasteiger partial charge on any atom is -0.380 e. The van der Waals surface area contributed by atoms with Crippen molar-refractivity contribution in [2.45, 2.75) is 6.54 Å². The van der Waals surface area contributed by atoms with Crippen LogP contribution in [0, 0.1) is 0 Å². The van der Waals surface area contributed by atoms with Crippen molar-refractivity contribution in [2.24, 2.45) is 0 Å². The summed E-state index contributed by atoms with van der Waals surface area (Å²) < 4.78 is 1.71. The zero-order valence-corrected chi connectivity index (χ0v) is 12.5. The standard InChI is InChI=1S/C15H12Cl2N4/c16-13-4-2-11(8-14(13)17)9-18-12-3-5-15(19-10-12)21-7-1-6-20-21/h1-8,10,18H,9H2. The Hall–Kier alpha value is -2.04. The lowest BCUT2D eigenvalue weighted by Gasteiger charge is -2.08. The zero-order chi connectivity index (χ0) is 14.7. The van der Waals surface area contributed by atoms with E-state index in [1.165, 1.54) is 0 Å². The van der Waals surface area contributed by atoms with E-state index in [1.54, 1.807) is 23.1 Å². The van der Waals surface area contributed by atoms with Crippen LogP contribution >= 0.6 is 23.2 Å². The first-order valence-corrected chi connectivity index (χ1v) is 7.12. The Morgan fingerprint density at radius 1 is 1.10 bits per heavy atom. The van der Waals surface area contributed by atoms with E-state index in [0.29, 0.717) is 16.6 Å². The van der Waals surface area contributed by atoms with E-state index < -0.39 is 0 Å². The first-order valence-electron chi connectivity index (χ1n) is 6.36. The molecular weight excluding hydrogens is 307 g/mol. The molecule has 0 saturated carbocycles. The van der Waals surface area contributed by atoms with Gasteiger partial charge in [-0.3, -0.25) is 0 Å². The van der Waals surface area contributed by atoms with Gasteiger partial charge >= 0.3 is 0 Å². The SMILES string of the molecule is Clc1ccc(CNc2ccc(-n3cccn3)nc2)cc1Cl. The van der Waals surface area contributed by atoms with Gasteiger partial charge in [0, 0.05) is 18.9 Å². The molecular formula is C15H12Cl2N4. The molecule has 1 aromatic carbocycles. The van der Waals surface area contributed by atoms with E-state index in [1.807, 2.05) is 36.5 Å². The molecule has 0 amide bonds. The van der Waals surface area contributed by atoms with E-state index in [9.17, 15) is 0 Å². The number of rotatable bonds is 4. The van der Waals surface area contributed by atoms with Gasteiger partial charge in [-0.2, -0.15) is 5.10 Å². The molecule has 3 rings (SSSR count). The second-order valence-electron chi connectivity index (χ2n) is 4.46. The third-order valence-electron chi connectivity index (χ3n) is 2.97. The maximum absolute atomic E-state index is 5.99. The zero-order valence-electron chi connectivity index (χ0n) is 11.0. The third-order valence-corrected chi connectivity index (χ3v) is 3.71. The van der Waals surface area contributed by atoms with Crippen LogP contribution < -0.4 is 5.32 Å². The van der Waals surface area contributed by atoms with Crippen LogP contribution in [0.2, 0.25) is 10.0 Å². The monoisotopic (exact) mass is 318 g/mol. The highest BCUT2D eigenvalue weighted by Crippen LogP contribution is 2.23. The quantitative estimate of drug-likeness (QED) is 0.784. The van der Waals surface area contributed by atoms with Crippen LogP contribution in [-0.4, -0.2) is 14.8 Å². The lowest BCUT2D eigenvalue weighted by Crippen LogP contribution is -2.02. The second-order valence-corrected chi connectivity index (χ2v) is 5.27. The van der Waals surface area contributed by atoms with E-state index >= 15 is 0 Å². The highest BCUT2D eigenvalue weighted by atomic mass is 35.5. The minimum absolute atomic E-state index is 0.558. The normalized spacial score (nSPS) is 10.6. The molecule has 4 nitrogen and oxygen atoms in total. The lowest BCUT2D eigenvalue weighted by atomic mass is 10.2. The fraction of sp³-hybridized carbons (Fsp3) is 0.0667. The predicted octanol–water partition coefficient (Wildman–Crippen LogP) is 4.19. The fourth-order valence-corrected chi connectivity index (χ4v) is 2.20. The Morgan fingerprint density at radius 2 is 2.00 bits per heavy atom. The molecule has 0 bridgehead atoms. The molecule has 0 spiro atoms. The summed E-state index contributed by atoms with van der Waals surface area (Å²) in [6.45, 7) is 0.652. The van der Waals surface area contributed by atoms with Gasteiger partial charge in [0.05, 0.1) is 21.9 Å². The molecule has 0 radical (unpaired) electrons. The van der Waals surface area contributed by atoms with Crippen LogP contribution in [0.3, 0.4) is 0 Å². The summed E-state index contributed by atoms with van der Waals surface area (Å²) in [6.07, 6.45) is 5.35. The Labute approximate surface area is 132 Å². The summed E-state index contributed by atoms with van der Waals surface area (Å²) >= 11 is 11.9. The molecule has 1 N–H and O–H groups in total. The van der Waals surface area contributed by atoms with Crippen molar-refractivity contribution in [3.63, 3.8) is 0 Å². The molecule has 0 aliphatic heterocycles. The molecule has 21 heavy (non-hydrogen) atoms. The molecule has 0 aliphatic rings. The maximum atomic E-state index is 5.99. The Bertz CT molecular complexity index is 724. The minimum atomic E-state index is 0.558. The molecule has 6 heteroatoms. The molecule has 0 aliphatic carbocycles. The van der Waals surface area contributed by atoms with Crippen molar-refractivity contribution in [3.05, 3.63) is 70.6 Å². The summed E-state index contributed by atoms with van der Waals surface area (Å²) in [5.74, 6) is 0.778. The lowest BCUT2D eigenvalue weighted by molar-refractivity contribution is 0.847. The van der Waals surface area contributed by atoms with E-state index in [-0.39, 0.29) is 0 Å². The first-order chi connectivity index (χ1) is 10.2. The fourth-order valence-electron chi connectivity index (χ4n) is 1.88. The number of nitrogens with one attached hydrogen (secondary N) is 1. The highest BCUT2D eigenvalue weighted by Gasteiger charge is 2.01. The third kappa shape index (κ3) is 3.35. The number of anilines is 1. The summed E-state index contributed by atoms with van der Waals surface area (Å²) in [7, 11) is 0. The molecule has 3 aromatic rings. The van der Waals surface area contributed by atoms with Gasteiger partial charge in [0.25, 0.3) is 0 Å². The summed E-state index contributed by atoms with van der Waals surface area (Å²) in [5, 5.41) is 8.54. The number of benzene rings is 1. The highest BCUT2D eigenvalue weighted by molar-refractivity contribution is 6.42. The number of pyridine rings is 1. The number of halogens is 2. The smallest absolute Gasteiger partial charge is 0.153 e. The first kappa shape index (κ1) is 13.9. The van der Waals surface area contributed by atoms with Gasteiger partial charge in [-0.05, 0) is 35.9 Å². The van der Waals surface area contributed by atoms with Crippen molar-refractivity contribution >= 4 is 28.9 Å². The van der Waals surface area contributed by atoms with E-state index in [0.717, 1.165) is 17.1 Å². The maximum Gasteiger partial charge on any atom is 0.153 e. The summed E-state index contributed by atoms with van der Waals surface area (Å²) in [6, 6.07) is 11.3. The number of hydrogen-bond donors (Lipinski definition) is 1. The molecule has 106 valence electrons. The second kappa shape index (κ2) is 6.16. The van der Waals surface area contributed by atoms with Crippen LogP contribution in [0.1, 0.15) is 5.56 Å². The van der Waals surface area contributed by atoms with Crippen molar-refractivity contribution in [2.75, 3.05) is 5.32 Å². The summed E-state index contributed by atoms with van der Waals surface area (Å²) in [4.78, 5) is 4.36. The van der Waals surface area contributed by atoms with Gasteiger partial charge in [-0.15, -0.1) is 0 Å². The Kier molecular flexibility index (Phi) is 4.08. The van der Waals surface area contributed by atoms with Crippen LogP contribution in [-0.2, 0) is 6.54 Å². The van der Waals surface area contributed by atoms with Crippen molar-refractivity contribution in [1.82, 2.24) is 14.8 Å². The number of nitrogens with zero attached hydrogens (tertiary/aromatic N) is 3. The van der Waals surface area contributed by atoms with Gasteiger partial charge in [0.2, 0.25) is 0 Å². The van der Waals surface area contributed by atoms with Crippen molar-refractivity contribution in [3.8, 4) is 5.82 Å². The molecule has 0 saturated heterocycles. The van der Waals surface area contributed by atoms with E-state index in [4.69, 9.17) is 23.2 Å². The molecule has 0 atom stereocenters. The molecule has 2 aromatic heterocycles. The Balaban J connectivity index is 1.66. The molecule has 0 unspecified atom stereocenters. The Morgan fingerprint density at radius 3 is 2.67 bits per heavy atom.